The van der Waals surface area contributed by atoms with Crippen LogP contribution >= 0.6 is 11.8 Å². The van der Waals surface area contributed by atoms with Crippen LogP contribution < -0.4 is 5.32 Å². The first-order valence-corrected chi connectivity index (χ1v) is 9.80. The Morgan fingerprint density at radius 2 is 1.89 bits per heavy atom. The number of thioether (sulfide) groups is 1. The topological polar surface area (TPSA) is 49.4 Å². The van der Waals surface area contributed by atoms with Gasteiger partial charge in [-0.2, -0.15) is 13.2 Å². The molecule has 2 aliphatic heterocycles. The highest BCUT2D eigenvalue weighted by Crippen LogP contribution is 2.54. The van der Waals surface area contributed by atoms with E-state index in [1.807, 2.05) is 30.3 Å². The van der Waals surface area contributed by atoms with Gasteiger partial charge < -0.3 is 10.2 Å². The molecule has 28 heavy (non-hydrogen) atoms. The van der Waals surface area contributed by atoms with E-state index in [0.717, 1.165) is 17.7 Å². The van der Waals surface area contributed by atoms with Gasteiger partial charge in [0.25, 0.3) is 0 Å². The lowest BCUT2D eigenvalue weighted by molar-refractivity contribution is -0.137. The van der Waals surface area contributed by atoms with Crippen molar-refractivity contribution in [2.75, 3.05) is 11.1 Å². The minimum absolute atomic E-state index is 0.0636. The number of alkyl halides is 3. The highest BCUT2D eigenvalue weighted by molar-refractivity contribution is 8.00. The SMILES string of the molecule is O=C(Nc1cccc(C(F)(F)F)c1)[C@H]1CS[C@@]2(c3ccccc3)CCC(=O)N12. The predicted octanol–water partition coefficient (Wildman–Crippen LogP) is 4.23. The zero-order valence-electron chi connectivity index (χ0n) is 14.7. The number of nitrogens with one attached hydrogen (secondary N) is 1. The first-order valence-electron chi connectivity index (χ1n) is 8.81. The van der Waals surface area contributed by atoms with E-state index >= 15 is 0 Å². The first-order chi connectivity index (χ1) is 13.3. The summed E-state index contributed by atoms with van der Waals surface area (Å²) in [7, 11) is 0. The number of halogens is 3. The monoisotopic (exact) mass is 406 g/mol. The molecular weight excluding hydrogens is 389 g/mol. The Morgan fingerprint density at radius 3 is 2.61 bits per heavy atom. The Bertz CT molecular complexity index is 919. The Hall–Kier alpha value is -2.48. The van der Waals surface area contributed by atoms with Gasteiger partial charge in [0.1, 0.15) is 10.9 Å². The number of nitrogens with zero attached hydrogens (tertiary/aromatic N) is 1. The molecule has 146 valence electrons. The molecule has 2 aromatic rings. The molecule has 2 aliphatic rings. The van der Waals surface area contributed by atoms with E-state index in [0.29, 0.717) is 18.6 Å². The van der Waals surface area contributed by atoms with Gasteiger partial charge in [-0.15, -0.1) is 11.8 Å². The van der Waals surface area contributed by atoms with Gasteiger partial charge in [-0.3, -0.25) is 9.59 Å². The average Bonchev–Trinajstić information content (AvgIpc) is 3.21. The van der Waals surface area contributed by atoms with Crippen molar-refractivity contribution >= 4 is 29.3 Å². The Labute approximate surface area is 164 Å². The number of hydrogen-bond donors (Lipinski definition) is 1. The molecule has 1 N–H and O–H groups in total. The van der Waals surface area contributed by atoms with Crippen LogP contribution in [0.4, 0.5) is 18.9 Å². The number of rotatable bonds is 3. The zero-order valence-corrected chi connectivity index (χ0v) is 15.5. The number of amides is 2. The fourth-order valence-corrected chi connectivity index (χ4v) is 5.49. The maximum Gasteiger partial charge on any atom is 0.416 e. The van der Waals surface area contributed by atoms with E-state index in [2.05, 4.69) is 5.32 Å². The van der Waals surface area contributed by atoms with Crippen molar-refractivity contribution in [3.05, 3.63) is 65.7 Å². The summed E-state index contributed by atoms with van der Waals surface area (Å²) in [6.45, 7) is 0. The van der Waals surface area contributed by atoms with Gasteiger partial charge in [0.15, 0.2) is 0 Å². The lowest BCUT2D eigenvalue weighted by atomic mass is 10.0. The van der Waals surface area contributed by atoms with Gasteiger partial charge >= 0.3 is 6.18 Å². The number of hydrogen-bond acceptors (Lipinski definition) is 3. The maximum atomic E-state index is 12.9. The summed E-state index contributed by atoms with van der Waals surface area (Å²) in [5, 5.41) is 2.55. The third-order valence-corrected chi connectivity index (χ3v) is 6.71. The summed E-state index contributed by atoms with van der Waals surface area (Å²) in [5.74, 6) is -0.191. The van der Waals surface area contributed by atoms with Crippen molar-refractivity contribution in [1.29, 1.82) is 0 Å². The second-order valence-electron chi connectivity index (χ2n) is 6.81. The van der Waals surface area contributed by atoms with Gasteiger partial charge in [-0.25, -0.2) is 0 Å². The quantitative estimate of drug-likeness (QED) is 0.830. The fourth-order valence-electron chi connectivity index (χ4n) is 3.83. The van der Waals surface area contributed by atoms with Crippen LogP contribution in [0.2, 0.25) is 0 Å². The van der Waals surface area contributed by atoms with Gasteiger partial charge in [-0.1, -0.05) is 36.4 Å². The largest absolute Gasteiger partial charge is 0.416 e. The first kappa shape index (κ1) is 18.9. The van der Waals surface area contributed by atoms with E-state index in [1.165, 1.54) is 23.9 Å². The third kappa shape index (κ3) is 3.15. The summed E-state index contributed by atoms with van der Waals surface area (Å²) in [6.07, 6.45) is -3.54. The Morgan fingerprint density at radius 1 is 1.14 bits per heavy atom. The lowest BCUT2D eigenvalue weighted by Gasteiger charge is -2.34. The number of carbonyl (C=O) groups excluding carboxylic acids is 2. The number of fused-ring (bicyclic) bond motifs is 1. The van der Waals surface area contributed by atoms with Crippen LogP contribution in [-0.4, -0.2) is 28.5 Å². The maximum absolute atomic E-state index is 12.9. The molecular formula is C20H17F3N2O2S. The van der Waals surface area contributed by atoms with Crippen LogP contribution in [0.1, 0.15) is 24.0 Å². The second-order valence-corrected chi connectivity index (χ2v) is 8.11. The Balaban J connectivity index is 1.59. The molecule has 0 aromatic heterocycles. The Kier molecular flexibility index (Phi) is 4.61. The van der Waals surface area contributed by atoms with Gasteiger partial charge in [-0.05, 0) is 30.2 Å². The number of anilines is 1. The molecule has 0 aliphatic carbocycles. The molecule has 0 saturated carbocycles. The summed E-state index contributed by atoms with van der Waals surface area (Å²) < 4.78 is 38.7. The van der Waals surface area contributed by atoms with Crippen molar-refractivity contribution in [3.63, 3.8) is 0 Å². The van der Waals surface area contributed by atoms with Crippen molar-refractivity contribution in [3.8, 4) is 0 Å². The van der Waals surface area contributed by atoms with Crippen LogP contribution in [-0.2, 0) is 20.6 Å². The average molecular weight is 406 g/mol. The standard InChI is InChI=1S/C20H17F3N2O2S/c21-20(22,23)14-7-4-8-15(11-14)24-18(27)16-12-28-19(10-9-17(26)25(16)19)13-5-2-1-3-6-13/h1-8,11,16H,9-10,12H2,(H,24,27)/t16-,19-/m1/s1. The molecule has 4 nitrogen and oxygen atoms in total. The molecule has 4 rings (SSSR count). The van der Waals surface area contributed by atoms with E-state index < -0.39 is 28.6 Å². The van der Waals surface area contributed by atoms with Gasteiger partial charge in [0.2, 0.25) is 11.8 Å². The number of carbonyl (C=O) groups is 2. The minimum Gasteiger partial charge on any atom is -0.324 e. The van der Waals surface area contributed by atoms with Crippen molar-refractivity contribution < 1.29 is 22.8 Å². The van der Waals surface area contributed by atoms with Crippen LogP contribution in [0.25, 0.3) is 0 Å². The highest BCUT2D eigenvalue weighted by atomic mass is 32.2. The number of benzene rings is 2. The highest BCUT2D eigenvalue weighted by Gasteiger charge is 2.56. The van der Waals surface area contributed by atoms with Crippen LogP contribution in [0.5, 0.6) is 0 Å². The zero-order chi connectivity index (χ0) is 19.9. The molecule has 0 spiro atoms. The molecule has 0 radical (unpaired) electrons. The van der Waals surface area contributed by atoms with Gasteiger partial charge in [0.05, 0.1) is 5.56 Å². The van der Waals surface area contributed by atoms with E-state index in [1.54, 1.807) is 4.90 Å². The van der Waals surface area contributed by atoms with Crippen molar-refractivity contribution in [1.82, 2.24) is 4.90 Å². The van der Waals surface area contributed by atoms with E-state index in [-0.39, 0.29) is 11.6 Å². The fraction of sp³-hybridized carbons (Fsp3) is 0.300. The summed E-state index contributed by atoms with van der Waals surface area (Å²) in [5.41, 5.74) is 0.191. The normalized spacial score (nSPS) is 24.3. The summed E-state index contributed by atoms with van der Waals surface area (Å²) in [6, 6.07) is 13.3. The minimum atomic E-state index is -4.49. The molecule has 0 bridgehead atoms. The predicted molar refractivity (Wildman–Crippen MR) is 101 cm³/mol. The third-order valence-electron chi connectivity index (χ3n) is 5.11. The van der Waals surface area contributed by atoms with Crippen molar-refractivity contribution in [2.24, 2.45) is 0 Å². The van der Waals surface area contributed by atoms with Crippen LogP contribution in [0.3, 0.4) is 0 Å². The lowest BCUT2D eigenvalue weighted by Crippen LogP contribution is -2.48. The van der Waals surface area contributed by atoms with Crippen molar-refractivity contribution in [2.45, 2.75) is 29.9 Å². The van der Waals surface area contributed by atoms with Crippen LogP contribution in [0.15, 0.2) is 54.6 Å². The molecule has 2 saturated heterocycles. The molecule has 2 amide bonds. The molecule has 0 unspecified atom stereocenters. The van der Waals surface area contributed by atoms with E-state index in [9.17, 15) is 22.8 Å². The van der Waals surface area contributed by atoms with Crippen LogP contribution in [0, 0.1) is 0 Å². The molecule has 8 heteroatoms. The summed E-state index contributed by atoms with van der Waals surface area (Å²) >= 11 is 1.54. The van der Waals surface area contributed by atoms with Gasteiger partial charge in [0, 0.05) is 17.9 Å². The molecule has 2 fully saturated rings. The smallest absolute Gasteiger partial charge is 0.324 e. The molecule has 2 heterocycles. The molecule has 2 aromatic carbocycles. The summed E-state index contributed by atoms with van der Waals surface area (Å²) in [4.78, 5) is 26.4. The van der Waals surface area contributed by atoms with E-state index in [4.69, 9.17) is 0 Å². The molecule has 2 atom stereocenters. The second kappa shape index (κ2) is 6.84.